The zero-order valence-electron chi connectivity index (χ0n) is 18.6. The maximum Gasteiger partial charge on any atom is 0.237 e. The number of nitriles is 1. The van der Waals surface area contributed by atoms with Crippen LogP contribution in [0.15, 0.2) is 6.33 Å². The summed E-state index contributed by atoms with van der Waals surface area (Å²) < 4.78 is 0. The zero-order valence-corrected chi connectivity index (χ0v) is 18.6. The van der Waals surface area contributed by atoms with Crippen LogP contribution in [-0.2, 0) is 17.8 Å². The van der Waals surface area contributed by atoms with Crippen LogP contribution in [0.2, 0.25) is 0 Å². The number of likely N-dealkylation sites (N-methyl/N-ethyl adjacent to an activating group) is 1. The molecule has 5 aliphatic rings. The van der Waals surface area contributed by atoms with Gasteiger partial charge in [-0.15, -0.1) is 0 Å². The number of hydrogen-bond donors (Lipinski definition) is 1. The predicted molar refractivity (Wildman–Crippen MR) is 118 cm³/mol. The molecule has 1 amide bonds. The maximum atomic E-state index is 12.7. The summed E-state index contributed by atoms with van der Waals surface area (Å²) in [5.41, 5.74) is 2.16. The van der Waals surface area contributed by atoms with E-state index in [1.165, 1.54) is 37.7 Å². The Kier molecular flexibility index (Phi) is 5.83. The number of carbonyl (C=O) groups excluding carboxylic acids is 1. The number of nitrogens with one attached hydrogen (secondary N) is 1. The third-order valence-electron chi connectivity index (χ3n) is 8.30. The lowest BCUT2D eigenvalue weighted by Gasteiger charge is -2.54. The molecule has 6 rings (SSSR count). The molecule has 0 atom stereocenters. The normalized spacial score (nSPS) is 30.9. The molecule has 7 heteroatoms. The van der Waals surface area contributed by atoms with E-state index < -0.39 is 0 Å². The fourth-order valence-electron chi connectivity index (χ4n) is 6.96. The lowest BCUT2D eigenvalue weighted by Crippen LogP contribution is -2.47. The average Bonchev–Trinajstić information content (AvgIpc) is 2.76. The van der Waals surface area contributed by atoms with E-state index in [2.05, 4.69) is 21.4 Å². The first-order valence-electron chi connectivity index (χ1n) is 12.0. The summed E-state index contributed by atoms with van der Waals surface area (Å²) in [4.78, 5) is 25.6. The molecule has 0 radical (unpaired) electrons. The first-order valence-corrected chi connectivity index (χ1v) is 12.0. The van der Waals surface area contributed by atoms with E-state index in [-0.39, 0.29) is 5.91 Å². The lowest BCUT2D eigenvalue weighted by molar-refractivity contribution is -0.133. The van der Waals surface area contributed by atoms with E-state index in [1.54, 1.807) is 6.33 Å². The van der Waals surface area contributed by atoms with Gasteiger partial charge in [-0.2, -0.15) is 5.26 Å². The number of rotatable bonds is 7. The Morgan fingerprint density at radius 3 is 2.68 bits per heavy atom. The molecule has 1 aromatic rings. The minimum Gasteiger partial charge on any atom is -0.369 e. The van der Waals surface area contributed by atoms with Gasteiger partial charge in [0.1, 0.15) is 12.1 Å². The molecule has 4 fully saturated rings. The predicted octanol–water partition coefficient (Wildman–Crippen LogP) is 2.69. The van der Waals surface area contributed by atoms with Gasteiger partial charge in [0, 0.05) is 31.6 Å². The smallest absolute Gasteiger partial charge is 0.237 e. The third kappa shape index (κ3) is 4.27. The monoisotopic (exact) mass is 422 g/mol. The molecule has 0 saturated heterocycles. The minimum absolute atomic E-state index is 0.104. The highest BCUT2D eigenvalue weighted by atomic mass is 16.2. The SMILES string of the molecule is CN(CCC#N)CC(=O)N1CCc2c(ncnc2NCC2C3CC4CC(C3)CC2C4)C1. The fourth-order valence-corrected chi connectivity index (χ4v) is 6.96. The van der Waals surface area contributed by atoms with Crippen LogP contribution < -0.4 is 5.32 Å². The highest BCUT2D eigenvalue weighted by Crippen LogP contribution is 2.56. The van der Waals surface area contributed by atoms with Crippen molar-refractivity contribution in [3.63, 3.8) is 0 Å². The molecule has 2 heterocycles. The number of hydrogen-bond acceptors (Lipinski definition) is 6. The van der Waals surface area contributed by atoms with Crippen molar-refractivity contribution < 1.29 is 4.79 Å². The van der Waals surface area contributed by atoms with Crippen molar-refractivity contribution >= 4 is 11.7 Å². The van der Waals surface area contributed by atoms with E-state index >= 15 is 0 Å². The van der Waals surface area contributed by atoms with Gasteiger partial charge in [-0.3, -0.25) is 9.69 Å². The minimum atomic E-state index is 0.104. The van der Waals surface area contributed by atoms with Crippen molar-refractivity contribution in [3.05, 3.63) is 17.6 Å². The summed E-state index contributed by atoms with van der Waals surface area (Å²) in [6.07, 6.45) is 10.2. The van der Waals surface area contributed by atoms with Gasteiger partial charge in [0.25, 0.3) is 0 Å². The van der Waals surface area contributed by atoms with Gasteiger partial charge in [-0.25, -0.2) is 9.97 Å². The summed E-state index contributed by atoms with van der Waals surface area (Å²) in [6, 6.07) is 2.13. The first-order chi connectivity index (χ1) is 15.1. The quantitative estimate of drug-likeness (QED) is 0.727. The van der Waals surface area contributed by atoms with Crippen LogP contribution in [0.4, 0.5) is 5.82 Å². The van der Waals surface area contributed by atoms with Gasteiger partial charge in [-0.1, -0.05) is 0 Å². The zero-order chi connectivity index (χ0) is 21.4. The lowest BCUT2D eigenvalue weighted by atomic mass is 9.52. The molecule has 166 valence electrons. The van der Waals surface area contributed by atoms with Gasteiger partial charge in [0.15, 0.2) is 0 Å². The van der Waals surface area contributed by atoms with Crippen LogP contribution in [0.3, 0.4) is 0 Å². The van der Waals surface area contributed by atoms with Crippen LogP contribution in [0, 0.1) is 40.9 Å². The highest BCUT2D eigenvalue weighted by Gasteiger charge is 2.47. The van der Waals surface area contributed by atoms with E-state index in [1.807, 2.05) is 16.8 Å². The molecule has 4 bridgehead atoms. The summed E-state index contributed by atoms with van der Waals surface area (Å²) in [5.74, 6) is 5.72. The van der Waals surface area contributed by atoms with E-state index in [0.717, 1.165) is 54.1 Å². The summed E-state index contributed by atoms with van der Waals surface area (Å²) in [5, 5.41) is 12.4. The first kappa shape index (κ1) is 20.7. The van der Waals surface area contributed by atoms with Crippen LogP contribution in [0.25, 0.3) is 0 Å². The van der Waals surface area contributed by atoms with Gasteiger partial charge < -0.3 is 10.2 Å². The van der Waals surface area contributed by atoms with Crippen molar-refractivity contribution in [2.24, 2.45) is 29.6 Å². The third-order valence-corrected chi connectivity index (χ3v) is 8.30. The average molecular weight is 423 g/mol. The Morgan fingerprint density at radius 2 is 1.97 bits per heavy atom. The summed E-state index contributed by atoms with van der Waals surface area (Å²) in [6.45, 7) is 3.26. The van der Waals surface area contributed by atoms with E-state index in [9.17, 15) is 4.79 Å². The molecule has 4 saturated carbocycles. The Balaban J connectivity index is 1.19. The van der Waals surface area contributed by atoms with Crippen molar-refractivity contribution in [1.82, 2.24) is 19.8 Å². The number of aromatic nitrogens is 2. The van der Waals surface area contributed by atoms with Crippen molar-refractivity contribution in [2.75, 3.05) is 38.5 Å². The van der Waals surface area contributed by atoms with Crippen molar-refractivity contribution in [1.29, 1.82) is 5.26 Å². The molecule has 0 spiro atoms. The maximum absolute atomic E-state index is 12.7. The Bertz CT molecular complexity index is 836. The summed E-state index contributed by atoms with van der Waals surface area (Å²) in [7, 11) is 1.89. The van der Waals surface area contributed by atoms with Crippen molar-refractivity contribution in [3.8, 4) is 6.07 Å². The number of carbonyl (C=O) groups is 1. The highest BCUT2D eigenvalue weighted by molar-refractivity contribution is 5.78. The number of fused-ring (bicyclic) bond motifs is 1. The second-order valence-electron chi connectivity index (χ2n) is 10.3. The molecule has 0 aromatic carbocycles. The largest absolute Gasteiger partial charge is 0.369 e. The Hall–Kier alpha value is -2.20. The van der Waals surface area contributed by atoms with E-state index in [0.29, 0.717) is 32.6 Å². The Labute approximate surface area is 185 Å². The van der Waals surface area contributed by atoms with E-state index in [4.69, 9.17) is 5.26 Å². The molecular formula is C24H34N6O. The molecular weight excluding hydrogens is 388 g/mol. The second kappa shape index (κ2) is 8.74. The molecule has 31 heavy (non-hydrogen) atoms. The van der Waals surface area contributed by atoms with Crippen LogP contribution in [0.5, 0.6) is 0 Å². The molecule has 0 unspecified atom stereocenters. The van der Waals surface area contributed by atoms with Crippen LogP contribution >= 0.6 is 0 Å². The molecule has 1 aromatic heterocycles. The molecule has 7 nitrogen and oxygen atoms in total. The van der Waals surface area contributed by atoms with Crippen LogP contribution in [0.1, 0.15) is 49.8 Å². The number of nitrogens with zero attached hydrogens (tertiary/aromatic N) is 5. The second-order valence-corrected chi connectivity index (χ2v) is 10.3. The van der Waals surface area contributed by atoms with Gasteiger partial charge in [0.05, 0.1) is 24.9 Å². The van der Waals surface area contributed by atoms with Crippen LogP contribution in [-0.4, -0.2) is 58.9 Å². The molecule has 4 aliphatic carbocycles. The van der Waals surface area contributed by atoms with Crippen molar-refractivity contribution in [2.45, 2.75) is 51.5 Å². The van der Waals surface area contributed by atoms with Gasteiger partial charge >= 0.3 is 0 Å². The van der Waals surface area contributed by atoms with Gasteiger partial charge in [-0.05, 0) is 75.2 Å². The standard InChI is InChI=1S/C24H34N6O/c1-29(5-2-4-25)14-23(31)30-6-3-20-22(13-30)27-15-28-24(20)26-12-21-18-8-16-7-17(10-18)11-19(21)9-16/h15-19,21H,2-3,5-14H2,1H3,(H,26,27,28). The molecule has 1 aliphatic heterocycles. The Morgan fingerprint density at radius 1 is 1.23 bits per heavy atom. The topological polar surface area (TPSA) is 85.2 Å². The summed E-state index contributed by atoms with van der Waals surface area (Å²) >= 11 is 0. The molecule has 1 N–H and O–H groups in total. The number of amides is 1. The fraction of sp³-hybridized carbons (Fsp3) is 0.750. The van der Waals surface area contributed by atoms with Gasteiger partial charge in [0.2, 0.25) is 5.91 Å². The number of anilines is 1.